The summed E-state index contributed by atoms with van der Waals surface area (Å²) in [6.45, 7) is 3.73. The molecule has 1 aromatic carbocycles. The molecule has 2 amide bonds. The van der Waals surface area contributed by atoms with Crippen LogP contribution < -0.4 is 0 Å². The molecular formula is C17H20N6O2. The van der Waals surface area contributed by atoms with E-state index in [4.69, 9.17) is 0 Å². The number of piperidine rings is 1. The molecule has 0 N–H and O–H groups in total. The molecule has 5 rings (SSSR count). The molecule has 1 aromatic heterocycles. The molecule has 25 heavy (non-hydrogen) atoms. The molecule has 4 heterocycles. The number of aromatic nitrogens is 4. The maximum absolute atomic E-state index is 13.0. The van der Waals surface area contributed by atoms with Crippen molar-refractivity contribution < 1.29 is 9.59 Å². The van der Waals surface area contributed by atoms with Gasteiger partial charge in [-0.3, -0.25) is 9.59 Å². The predicted octanol–water partition coefficient (Wildman–Crippen LogP) is 0.745. The van der Waals surface area contributed by atoms with Gasteiger partial charge >= 0.3 is 0 Å². The van der Waals surface area contributed by atoms with Crippen LogP contribution in [0.3, 0.4) is 0 Å². The molecule has 0 unspecified atom stereocenters. The third kappa shape index (κ3) is 2.99. The molecule has 130 valence electrons. The molecular weight excluding hydrogens is 320 g/mol. The largest absolute Gasteiger partial charge is 0.341 e. The summed E-state index contributed by atoms with van der Waals surface area (Å²) in [5.41, 5.74) is 1.46. The summed E-state index contributed by atoms with van der Waals surface area (Å²) >= 11 is 0. The molecule has 0 aliphatic carbocycles. The first-order chi connectivity index (χ1) is 12.1. The quantitative estimate of drug-likeness (QED) is 0.805. The first kappa shape index (κ1) is 15.7. The van der Waals surface area contributed by atoms with Gasteiger partial charge in [0.2, 0.25) is 5.91 Å². The Hall–Kier alpha value is -2.77. The van der Waals surface area contributed by atoms with Crippen molar-refractivity contribution in [3.05, 3.63) is 36.2 Å². The van der Waals surface area contributed by atoms with E-state index in [1.54, 1.807) is 23.7 Å². The van der Waals surface area contributed by atoms with Crippen LogP contribution in [0.15, 0.2) is 30.6 Å². The predicted molar refractivity (Wildman–Crippen MR) is 89.0 cm³/mol. The SMILES string of the molecule is CC(=O)N1C[C@@H]2CC[C@H](C1)N(C(=O)c1ccc(-n3cnnn3)cc1)C2. The number of amides is 2. The zero-order valence-corrected chi connectivity index (χ0v) is 14.1. The molecule has 3 fully saturated rings. The van der Waals surface area contributed by atoms with Crippen LogP contribution in [-0.2, 0) is 4.79 Å². The van der Waals surface area contributed by atoms with Gasteiger partial charge in [-0.15, -0.1) is 5.10 Å². The third-order valence-corrected chi connectivity index (χ3v) is 5.15. The van der Waals surface area contributed by atoms with Crippen molar-refractivity contribution in [2.45, 2.75) is 25.8 Å². The van der Waals surface area contributed by atoms with Crippen LogP contribution in [0.1, 0.15) is 30.1 Å². The smallest absolute Gasteiger partial charge is 0.254 e. The van der Waals surface area contributed by atoms with Gasteiger partial charge in [0.05, 0.1) is 5.69 Å². The molecule has 3 aliphatic heterocycles. The summed E-state index contributed by atoms with van der Waals surface area (Å²) < 4.78 is 1.55. The summed E-state index contributed by atoms with van der Waals surface area (Å²) in [5, 5.41) is 11.1. The highest BCUT2D eigenvalue weighted by Gasteiger charge is 2.38. The Balaban J connectivity index is 1.54. The maximum atomic E-state index is 13.0. The Morgan fingerprint density at radius 1 is 1.08 bits per heavy atom. The summed E-state index contributed by atoms with van der Waals surface area (Å²) in [7, 11) is 0. The van der Waals surface area contributed by atoms with Gasteiger partial charge in [-0.25, -0.2) is 4.68 Å². The monoisotopic (exact) mass is 340 g/mol. The average Bonchev–Trinajstić information content (AvgIpc) is 3.00. The summed E-state index contributed by atoms with van der Waals surface area (Å²) in [6, 6.07) is 7.39. The summed E-state index contributed by atoms with van der Waals surface area (Å²) in [4.78, 5) is 28.6. The Morgan fingerprint density at radius 2 is 1.88 bits per heavy atom. The van der Waals surface area contributed by atoms with Crippen molar-refractivity contribution in [2.75, 3.05) is 19.6 Å². The van der Waals surface area contributed by atoms with E-state index in [0.717, 1.165) is 31.6 Å². The molecule has 2 aromatic rings. The minimum atomic E-state index is 0.0309. The van der Waals surface area contributed by atoms with E-state index in [0.29, 0.717) is 18.0 Å². The first-order valence-corrected chi connectivity index (χ1v) is 8.51. The number of tetrazole rings is 1. The number of rotatable bonds is 2. The van der Waals surface area contributed by atoms with Crippen LogP contribution in [-0.4, -0.2) is 67.5 Å². The van der Waals surface area contributed by atoms with Crippen molar-refractivity contribution >= 4 is 11.8 Å². The standard InChI is InChI=1S/C17H20N6O2/c1-12(24)21-8-13-2-5-16(10-21)22(9-13)17(25)14-3-6-15(7-4-14)23-11-18-19-20-23/h3-4,6-7,11,13,16H,2,5,8-10H2,1H3/t13-,16+/m0/s1. The highest BCUT2D eigenvalue weighted by atomic mass is 16.2. The minimum absolute atomic E-state index is 0.0309. The van der Waals surface area contributed by atoms with Crippen molar-refractivity contribution in [3.8, 4) is 5.69 Å². The maximum Gasteiger partial charge on any atom is 0.254 e. The highest BCUT2D eigenvalue weighted by molar-refractivity contribution is 5.94. The molecule has 2 atom stereocenters. The van der Waals surface area contributed by atoms with Gasteiger partial charge < -0.3 is 9.80 Å². The number of carbonyl (C=O) groups excluding carboxylic acids is 2. The molecule has 3 saturated heterocycles. The van der Waals surface area contributed by atoms with Crippen LogP contribution in [0, 0.1) is 5.92 Å². The number of fused-ring (bicyclic) bond motifs is 4. The van der Waals surface area contributed by atoms with E-state index in [9.17, 15) is 9.59 Å². The number of benzene rings is 1. The molecule has 0 radical (unpaired) electrons. The fourth-order valence-electron chi connectivity index (χ4n) is 3.79. The fourth-order valence-corrected chi connectivity index (χ4v) is 3.79. The van der Waals surface area contributed by atoms with Gasteiger partial charge in [-0.2, -0.15) is 0 Å². The zero-order chi connectivity index (χ0) is 17.4. The molecule has 0 spiro atoms. The average molecular weight is 340 g/mol. The number of hydrogen-bond acceptors (Lipinski definition) is 5. The number of carbonyl (C=O) groups is 2. The van der Waals surface area contributed by atoms with Gasteiger partial charge in [0, 0.05) is 38.2 Å². The van der Waals surface area contributed by atoms with Crippen LogP contribution in [0.25, 0.3) is 5.69 Å². The molecule has 2 bridgehead atoms. The van der Waals surface area contributed by atoms with Gasteiger partial charge in [-0.05, 0) is 53.5 Å². The Kier molecular flexibility index (Phi) is 3.95. The van der Waals surface area contributed by atoms with Crippen molar-refractivity contribution in [2.24, 2.45) is 5.92 Å². The summed E-state index contributed by atoms with van der Waals surface area (Å²) in [5.74, 6) is 0.493. The van der Waals surface area contributed by atoms with Gasteiger partial charge in [-0.1, -0.05) is 0 Å². The Bertz CT molecular complexity index is 773. The van der Waals surface area contributed by atoms with Crippen molar-refractivity contribution in [1.82, 2.24) is 30.0 Å². The lowest BCUT2D eigenvalue weighted by Crippen LogP contribution is -2.47. The second kappa shape index (κ2) is 6.27. The number of hydrogen-bond donors (Lipinski definition) is 0. The van der Waals surface area contributed by atoms with Crippen LogP contribution in [0.2, 0.25) is 0 Å². The fraction of sp³-hybridized carbons (Fsp3) is 0.471. The molecule has 0 saturated carbocycles. The van der Waals surface area contributed by atoms with E-state index >= 15 is 0 Å². The second-order valence-corrected chi connectivity index (χ2v) is 6.78. The Morgan fingerprint density at radius 3 is 2.56 bits per heavy atom. The second-order valence-electron chi connectivity index (χ2n) is 6.78. The van der Waals surface area contributed by atoms with E-state index < -0.39 is 0 Å². The number of nitrogens with zero attached hydrogens (tertiary/aromatic N) is 6. The topological polar surface area (TPSA) is 84.2 Å². The van der Waals surface area contributed by atoms with Crippen LogP contribution >= 0.6 is 0 Å². The molecule has 8 nitrogen and oxygen atoms in total. The van der Waals surface area contributed by atoms with E-state index in [2.05, 4.69) is 15.5 Å². The molecule has 8 heteroatoms. The lowest BCUT2D eigenvalue weighted by molar-refractivity contribution is -0.129. The van der Waals surface area contributed by atoms with E-state index in [1.807, 2.05) is 21.9 Å². The van der Waals surface area contributed by atoms with Crippen LogP contribution in [0.5, 0.6) is 0 Å². The highest BCUT2D eigenvalue weighted by Crippen LogP contribution is 2.29. The van der Waals surface area contributed by atoms with E-state index in [1.165, 1.54) is 6.33 Å². The van der Waals surface area contributed by atoms with Gasteiger partial charge in [0.15, 0.2) is 0 Å². The Labute approximate surface area is 145 Å². The zero-order valence-electron chi connectivity index (χ0n) is 14.1. The lowest BCUT2D eigenvalue weighted by Gasteiger charge is -2.36. The van der Waals surface area contributed by atoms with Crippen LogP contribution in [0.4, 0.5) is 0 Å². The first-order valence-electron chi connectivity index (χ1n) is 8.51. The lowest BCUT2D eigenvalue weighted by atomic mass is 9.94. The molecule has 3 aliphatic rings. The minimum Gasteiger partial charge on any atom is -0.341 e. The third-order valence-electron chi connectivity index (χ3n) is 5.15. The van der Waals surface area contributed by atoms with Crippen molar-refractivity contribution in [3.63, 3.8) is 0 Å². The van der Waals surface area contributed by atoms with Crippen molar-refractivity contribution in [1.29, 1.82) is 0 Å². The van der Waals surface area contributed by atoms with E-state index in [-0.39, 0.29) is 17.9 Å². The van der Waals surface area contributed by atoms with Gasteiger partial charge in [0.25, 0.3) is 5.91 Å². The summed E-state index contributed by atoms with van der Waals surface area (Å²) in [6.07, 6.45) is 3.56. The van der Waals surface area contributed by atoms with Gasteiger partial charge in [0.1, 0.15) is 6.33 Å². The normalized spacial score (nSPS) is 22.8.